The molecule has 5 rings (SSSR count). The van der Waals surface area contributed by atoms with Gasteiger partial charge in [-0.05, 0) is 35.9 Å². The second kappa shape index (κ2) is 7.43. The summed E-state index contributed by atoms with van der Waals surface area (Å²) in [4.78, 5) is 12.7. The van der Waals surface area contributed by atoms with Crippen LogP contribution in [0, 0.1) is 6.57 Å². The number of para-hydroxylation sites is 1. The standard InChI is InChI=1S/C26H18N4O/c1-27-19-12-13-21(24(31)16-19)26-29-25-20(9-6-11-23(25)30(26)2)17-7-5-8-18(15-17)22-10-3-4-14-28-22/h3-16,31H,2H3. The number of pyridine rings is 1. The highest BCUT2D eigenvalue weighted by Crippen LogP contribution is 2.36. The number of phenolic OH excluding ortho intramolecular Hbond substituents is 1. The molecule has 5 aromatic rings. The zero-order valence-corrected chi connectivity index (χ0v) is 16.8. The second-order valence-electron chi connectivity index (χ2n) is 7.28. The minimum Gasteiger partial charge on any atom is -0.509 e. The van der Waals surface area contributed by atoms with E-state index < -0.39 is 0 Å². The monoisotopic (exact) mass is 402 g/mol. The van der Waals surface area contributed by atoms with Crippen molar-refractivity contribution in [1.29, 1.82) is 0 Å². The number of aromatic nitrogens is 3. The van der Waals surface area contributed by atoms with Crippen molar-refractivity contribution in [2.45, 2.75) is 0 Å². The van der Waals surface area contributed by atoms with E-state index in [4.69, 9.17) is 11.6 Å². The molecule has 0 amide bonds. The van der Waals surface area contributed by atoms with Gasteiger partial charge in [0.05, 0.1) is 28.9 Å². The number of hydrogen-bond acceptors (Lipinski definition) is 3. The van der Waals surface area contributed by atoms with Crippen molar-refractivity contribution in [2.75, 3.05) is 0 Å². The summed E-state index contributed by atoms with van der Waals surface area (Å²) in [5.74, 6) is 0.697. The zero-order valence-electron chi connectivity index (χ0n) is 16.8. The van der Waals surface area contributed by atoms with Gasteiger partial charge in [-0.2, -0.15) is 0 Å². The molecule has 0 unspecified atom stereocenters. The molecule has 3 aromatic carbocycles. The Morgan fingerprint density at radius 2 is 1.71 bits per heavy atom. The lowest BCUT2D eigenvalue weighted by molar-refractivity contribution is 0.477. The molecule has 0 bridgehead atoms. The number of hydrogen-bond donors (Lipinski definition) is 1. The van der Waals surface area contributed by atoms with E-state index in [0.29, 0.717) is 17.1 Å². The normalized spacial score (nSPS) is 10.8. The van der Waals surface area contributed by atoms with E-state index in [1.165, 1.54) is 6.07 Å². The van der Waals surface area contributed by atoms with E-state index in [9.17, 15) is 5.11 Å². The second-order valence-corrected chi connectivity index (χ2v) is 7.28. The first kappa shape index (κ1) is 18.6. The number of aryl methyl sites for hydroxylation is 1. The first-order valence-corrected chi connectivity index (χ1v) is 9.84. The van der Waals surface area contributed by atoms with Gasteiger partial charge < -0.3 is 9.67 Å². The molecule has 0 saturated carbocycles. The van der Waals surface area contributed by atoms with Gasteiger partial charge in [0.15, 0.2) is 5.69 Å². The minimum absolute atomic E-state index is 0.0469. The Bertz CT molecular complexity index is 1460. The van der Waals surface area contributed by atoms with E-state index in [-0.39, 0.29) is 5.75 Å². The molecule has 148 valence electrons. The molecule has 0 saturated heterocycles. The summed E-state index contributed by atoms with van der Waals surface area (Å²) in [7, 11) is 1.93. The maximum atomic E-state index is 10.5. The highest BCUT2D eigenvalue weighted by atomic mass is 16.3. The summed E-state index contributed by atoms with van der Waals surface area (Å²) in [5.41, 5.74) is 6.82. The number of benzene rings is 3. The highest BCUT2D eigenvalue weighted by Gasteiger charge is 2.16. The average Bonchev–Trinajstić information content (AvgIpc) is 3.16. The molecule has 0 radical (unpaired) electrons. The predicted molar refractivity (Wildman–Crippen MR) is 123 cm³/mol. The zero-order chi connectivity index (χ0) is 21.4. The van der Waals surface area contributed by atoms with Crippen LogP contribution in [-0.2, 0) is 7.05 Å². The average molecular weight is 402 g/mol. The fraction of sp³-hybridized carbons (Fsp3) is 0.0385. The number of aromatic hydroxyl groups is 1. The van der Waals surface area contributed by atoms with Gasteiger partial charge in [-0.3, -0.25) is 4.98 Å². The van der Waals surface area contributed by atoms with Crippen LogP contribution < -0.4 is 0 Å². The molecule has 5 heteroatoms. The summed E-state index contributed by atoms with van der Waals surface area (Å²) in [6.07, 6.45) is 1.79. The maximum Gasteiger partial charge on any atom is 0.190 e. The Balaban J connectivity index is 1.67. The molecule has 31 heavy (non-hydrogen) atoms. The number of rotatable bonds is 3. The third-order valence-corrected chi connectivity index (χ3v) is 5.40. The third-order valence-electron chi connectivity index (χ3n) is 5.40. The SMILES string of the molecule is [C-]#[N+]c1ccc(-c2nc3c(-c4cccc(-c5ccccn5)c4)cccc3n2C)c(O)c1. The summed E-state index contributed by atoms with van der Waals surface area (Å²) in [5, 5.41) is 10.5. The summed E-state index contributed by atoms with van der Waals surface area (Å²) >= 11 is 0. The fourth-order valence-electron chi connectivity index (χ4n) is 3.85. The lowest BCUT2D eigenvalue weighted by atomic mass is 10.0. The van der Waals surface area contributed by atoms with Crippen LogP contribution in [0.1, 0.15) is 0 Å². The van der Waals surface area contributed by atoms with Gasteiger partial charge in [-0.15, -0.1) is 0 Å². The van der Waals surface area contributed by atoms with Crippen LogP contribution in [0.3, 0.4) is 0 Å². The van der Waals surface area contributed by atoms with Crippen molar-refractivity contribution >= 4 is 16.7 Å². The van der Waals surface area contributed by atoms with Gasteiger partial charge in [-0.25, -0.2) is 9.83 Å². The summed E-state index contributed by atoms with van der Waals surface area (Å²) < 4.78 is 1.97. The van der Waals surface area contributed by atoms with Crippen molar-refractivity contribution < 1.29 is 5.11 Å². The molecule has 0 aliphatic carbocycles. The molecule has 0 fully saturated rings. The van der Waals surface area contributed by atoms with E-state index >= 15 is 0 Å². The third kappa shape index (κ3) is 3.21. The van der Waals surface area contributed by atoms with Crippen LogP contribution in [0.4, 0.5) is 5.69 Å². The molecule has 0 atom stereocenters. The van der Waals surface area contributed by atoms with E-state index in [1.807, 2.05) is 54.1 Å². The first-order valence-electron chi connectivity index (χ1n) is 9.84. The number of phenols is 1. The largest absolute Gasteiger partial charge is 0.509 e. The number of fused-ring (bicyclic) bond motifs is 1. The maximum absolute atomic E-state index is 10.5. The summed E-state index contributed by atoms with van der Waals surface area (Å²) in [6.45, 7) is 7.14. The first-order chi connectivity index (χ1) is 15.2. The van der Waals surface area contributed by atoms with Crippen molar-refractivity contribution in [3.05, 3.63) is 96.5 Å². The lowest BCUT2D eigenvalue weighted by Gasteiger charge is -2.06. The Hall–Kier alpha value is -4.43. The van der Waals surface area contributed by atoms with E-state index in [2.05, 4.69) is 28.0 Å². The molecule has 2 heterocycles. The van der Waals surface area contributed by atoms with Crippen molar-refractivity contribution in [2.24, 2.45) is 7.05 Å². The van der Waals surface area contributed by atoms with E-state index in [0.717, 1.165) is 33.4 Å². The summed E-state index contributed by atoms with van der Waals surface area (Å²) in [6, 6.07) is 25.1. The molecule has 0 aliphatic heterocycles. The molecule has 5 nitrogen and oxygen atoms in total. The highest BCUT2D eigenvalue weighted by molar-refractivity contribution is 5.95. The molecule has 1 N–H and O–H groups in total. The van der Waals surface area contributed by atoms with Gasteiger partial charge >= 0.3 is 0 Å². The number of imidazole rings is 1. The van der Waals surface area contributed by atoms with Crippen LogP contribution in [0.15, 0.2) is 85.1 Å². The minimum atomic E-state index is 0.0469. The Morgan fingerprint density at radius 1 is 0.871 bits per heavy atom. The number of nitrogens with zero attached hydrogens (tertiary/aromatic N) is 4. The molecule has 0 spiro atoms. The van der Waals surface area contributed by atoms with Crippen molar-refractivity contribution in [3.8, 4) is 39.5 Å². The fourth-order valence-corrected chi connectivity index (χ4v) is 3.85. The molecule has 0 aliphatic rings. The van der Waals surface area contributed by atoms with Gasteiger partial charge in [0.1, 0.15) is 11.6 Å². The van der Waals surface area contributed by atoms with Crippen molar-refractivity contribution in [1.82, 2.24) is 14.5 Å². The smallest absolute Gasteiger partial charge is 0.190 e. The Labute approximate surface area is 179 Å². The molecule has 2 aromatic heterocycles. The van der Waals surface area contributed by atoms with Crippen LogP contribution in [0.5, 0.6) is 5.75 Å². The van der Waals surface area contributed by atoms with Gasteiger partial charge in [0.25, 0.3) is 0 Å². The van der Waals surface area contributed by atoms with Gasteiger partial charge in [0, 0.05) is 24.4 Å². The lowest BCUT2D eigenvalue weighted by Crippen LogP contribution is -1.92. The quantitative estimate of drug-likeness (QED) is 0.364. The van der Waals surface area contributed by atoms with Crippen LogP contribution >= 0.6 is 0 Å². The van der Waals surface area contributed by atoms with Crippen molar-refractivity contribution in [3.63, 3.8) is 0 Å². The van der Waals surface area contributed by atoms with Crippen LogP contribution in [0.2, 0.25) is 0 Å². The Morgan fingerprint density at radius 3 is 2.48 bits per heavy atom. The van der Waals surface area contributed by atoms with Crippen LogP contribution in [0.25, 0.3) is 49.7 Å². The van der Waals surface area contributed by atoms with Gasteiger partial charge in [-0.1, -0.05) is 48.5 Å². The van der Waals surface area contributed by atoms with Gasteiger partial charge in [0.2, 0.25) is 0 Å². The van der Waals surface area contributed by atoms with Crippen LogP contribution in [-0.4, -0.2) is 19.6 Å². The predicted octanol–water partition coefficient (Wildman–Crippen LogP) is 6.23. The van der Waals surface area contributed by atoms with E-state index in [1.54, 1.807) is 18.3 Å². The Kier molecular flexibility index (Phi) is 4.46. The molecular weight excluding hydrogens is 384 g/mol. The topological polar surface area (TPSA) is 55.3 Å². The molecular formula is C26H18N4O.